The van der Waals surface area contributed by atoms with Gasteiger partial charge in [-0.2, -0.15) is 0 Å². The number of rotatable bonds is 12. The predicted molar refractivity (Wildman–Crippen MR) is 108 cm³/mol. The molecule has 1 nitrogen and oxygen atoms in total. The van der Waals surface area contributed by atoms with Crippen molar-refractivity contribution in [3.63, 3.8) is 0 Å². The fourth-order valence-corrected chi connectivity index (χ4v) is 3.05. The Bertz CT molecular complexity index is 515. The summed E-state index contributed by atoms with van der Waals surface area (Å²) in [5, 5.41) is 0. The summed E-state index contributed by atoms with van der Waals surface area (Å²) in [6.45, 7) is 6.21. The molecule has 0 saturated carbocycles. The molecule has 0 bridgehead atoms. The number of ether oxygens (including phenoxy) is 1. The summed E-state index contributed by atoms with van der Waals surface area (Å²) in [4.78, 5) is 0. The first-order chi connectivity index (χ1) is 12.3. The van der Waals surface area contributed by atoms with Crippen molar-refractivity contribution in [2.24, 2.45) is 0 Å². The van der Waals surface area contributed by atoms with E-state index in [1.807, 2.05) is 0 Å². The first kappa shape index (κ1) is 19.7. The van der Waals surface area contributed by atoms with Crippen LogP contribution in [-0.4, -0.2) is 13.2 Å². The van der Waals surface area contributed by atoms with Crippen LogP contribution in [0.4, 0.5) is 0 Å². The maximum atomic E-state index is 5.78. The zero-order valence-corrected chi connectivity index (χ0v) is 16.1. The maximum absolute atomic E-state index is 5.78. The Balaban J connectivity index is 1.45. The van der Waals surface area contributed by atoms with Gasteiger partial charge in [-0.15, -0.1) is 0 Å². The topological polar surface area (TPSA) is 9.23 Å². The zero-order valence-electron chi connectivity index (χ0n) is 16.1. The van der Waals surface area contributed by atoms with Crippen LogP contribution in [0.2, 0.25) is 0 Å². The first-order valence-corrected chi connectivity index (χ1v) is 10.0. The van der Waals surface area contributed by atoms with Crippen molar-refractivity contribution in [1.82, 2.24) is 0 Å². The van der Waals surface area contributed by atoms with E-state index in [4.69, 9.17) is 4.74 Å². The average molecular weight is 339 g/mol. The predicted octanol–water partition coefficient (Wildman–Crippen LogP) is 6.17. The number of hydrogen-bond acceptors (Lipinski definition) is 1. The summed E-state index contributed by atoms with van der Waals surface area (Å²) in [5.74, 6) is 0. The first-order valence-electron chi connectivity index (χ1n) is 10.0. The molecule has 0 amide bonds. The van der Waals surface area contributed by atoms with Crippen LogP contribution in [0.3, 0.4) is 0 Å². The second-order valence-electron chi connectivity index (χ2n) is 6.87. The number of unbranched alkanes of at least 4 members (excludes halogenated alkanes) is 2. The highest BCUT2D eigenvalue weighted by Gasteiger charge is 1.97. The maximum Gasteiger partial charge on any atom is 0.0466 e. The Morgan fingerprint density at radius 3 is 1.24 bits per heavy atom. The molecule has 0 spiro atoms. The van der Waals surface area contributed by atoms with Gasteiger partial charge in [-0.3, -0.25) is 0 Å². The van der Waals surface area contributed by atoms with Crippen LogP contribution < -0.4 is 0 Å². The van der Waals surface area contributed by atoms with Crippen LogP contribution in [0.5, 0.6) is 0 Å². The van der Waals surface area contributed by atoms with Gasteiger partial charge in [0.05, 0.1) is 0 Å². The van der Waals surface area contributed by atoms with Crippen LogP contribution in [0.25, 0.3) is 0 Å². The van der Waals surface area contributed by atoms with E-state index < -0.39 is 0 Å². The molecular weight excluding hydrogens is 304 g/mol. The third kappa shape index (κ3) is 7.88. The van der Waals surface area contributed by atoms with Gasteiger partial charge < -0.3 is 4.74 Å². The van der Waals surface area contributed by atoms with Gasteiger partial charge in [-0.25, -0.2) is 0 Å². The van der Waals surface area contributed by atoms with Gasteiger partial charge >= 0.3 is 0 Å². The molecule has 1 heteroatoms. The van der Waals surface area contributed by atoms with E-state index >= 15 is 0 Å². The fraction of sp³-hybridized carbons (Fsp3) is 0.500. The highest BCUT2D eigenvalue weighted by atomic mass is 16.5. The third-order valence-electron chi connectivity index (χ3n) is 4.87. The molecular formula is C24H34O. The summed E-state index contributed by atoms with van der Waals surface area (Å²) in [6, 6.07) is 18.1. The summed E-state index contributed by atoms with van der Waals surface area (Å²) in [6.07, 6.45) is 9.34. The van der Waals surface area contributed by atoms with Crippen molar-refractivity contribution in [2.45, 2.75) is 65.2 Å². The van der Waals surface area contributed by atoms with Gasteiger partial charge in [0.15, 0.2) is 0 Å². The van der Waals surface area contributed by atoms with Gasteiger partial charge in [-0.05, 0) is 73.6 Å². The minimum atomic E-state index is 0.901. The minimum Gasteiger partial charge on any atom is -0.381 e. The third-order valence-corrected chi connectivity index (χ3v) is 4.87. The molecule has 0 atom stereocenters. The highest BCUT2D eigenvalue weighted by molar-refractivity contribution is 5.23. The Kier molecular flexibility index (Phi) is 9.36. The lowest BCUT2D eigenvalue weighted by Crippen LogP contribution is -1.99. The summed E-state index contributed by atoms with van der Waals surface area (Å²) in [7, 11) is 0. The molecule has 0 aliphatic rings. The number of aryl methyl sites for hydroxylation is 4. The Labute approximate surface area is 154 Å². The second kappa shape index (κ2) is 11.9. The molecule has 2 rings (SSSR count). The van der Waals surface area contributed by atoms with Crippen molar-refractivity contribution < 1.29 is 4.74 Å². The molecule has 0 unspecified atom stereocenters. The van der Waals surface area contributed by atoms with Crippen LogP contribution in [0.1, 0.15) is 61.8 Å². The molecule has 2 aromatic carbocycles. The molecule has 136 valence electrons. The van der Waals surface area contributed by atoms with E-state index in [0.717, 1.165) is 38.9 Å². The lowest BCUT2D eigenvalue weighted by atomic mass is 10.1. The Morgan fingerprint density at radius 2 is 0.880 bits per heavy atom. The van der Waals surface area contributed by atoms with Crippen molar-refractivity contribution in [2.75, 3.05) is 13.2 Å². The second-order valence-corrected chi connectivity index (χ2v) is 6.87. The highest BCUT2D eigenvalue weighted by Crippen LogP contribution is 2.10. The Morgan fingerprint density at radius 1 is 0.520 bits per heavy atom. The van der Waals surface area contributed by atoms with Crippen LogP contribution in [0, 0.1) is 0 Å². The lowest BCUT2D eigenvalue weighted by Gasteiger charge is -2.06. The number of benzene rings is 2. The van der Waals surface area contributed by atoms with Gasteiger partial charge in [0.2, 0.25) is 0 Å². The molecule has 0 heterocycles. The van der Waals surface area contributed by atoms with Crippen molar-refractivity contribution in [3.8, 4) is 0 Å². The standard InChI is InChI=1S/C24H34O/c1-3-21-11-15-23(16-12-21)9-5-7-19-25-20-8-6-10-24-17-13-22(4-2)14-18-24/h11-18H,3-10,19-20H2,1-2H3. The van der Waals surface area contributed by atoms with E-state index in [1.54, 1.807) is 0 Å². The van der Waals surface area contributed by atoms with E-state index in [9.17, 15) is 0 Å². The molecule has 0 saturated heterocycles. The minimum absolute atomic E-state index is 0.901. The molecule has 2 aromatic rings. The van der Waals surface area contributed by atoms with Crippen molar-refractivity contribution in [1.29, 1.82) is 0 Å². The van der Waals surface area contributed by atoms with Crippen molar-refractivity contribution >= 4 is 0 Å². The molecule has 0 N–H and O–H groups in total. The zero-order chi connectivity index (χ0) is 17.7. The fourth-order valence-electron chi connectivity index (χ4n) is 3.05. The lowest BCUT2D eigenvalue weighted by molar-refractivity contribution is 0.127. The van der Waals surface area contributed by atoms with Gasteiger partial charge in [0, 0.05) is 13.2 Å². The van der Waals surface area contributed by atoms with E-state index in [0.29, 0.717) is 0 Å². The molecule has 0 radical (unpaired) electrons. The monoisotopic (exact) mass is 338 g/mol. The summed E-state index contributed by atoms with van der Waals surface area (Å²) in [5.41, 5.74) is 5.75. The van der Waals surface area contributed by atoms with Crippen LogP contribution in [-0.2, 0) is 30.4 Å². The van der Waals surface area contributed by atoms with Gasteiger partial charge in [-0.1, -0.05) is 62.4 Å². The molecule has 25 heavy (non-hydrogen) atoms. The molecule has 0 aromatic heterocycles. The number of hydrogen-bond donors (Lipinski definition) is 0. The summed E-state index contributed by atoms with van der Waals surface area (Å²) >= 11 is 0. The quantitative estimate of drug-likeness (QED) is 0.420. The van der Waals surface area contributed by atoms with Crippen LogP contribution >= 0.6 is 0 Å². The average Bonchev–Trinajstić information content (AvgIpc) is 2.67. The largest absolute Gasteiger partial charge is 0.381 e. The Hall–Kier alpha value is -1.60. The van der Waals surface area contributed by atoms with Gasteiger partial charge in [0.1, 0.15) is 0 Å². The van der Waals surface area contributed by atoms with E-state index in [1.165, 1.54) is 47.9 Å². The molecule has 0 fully saturated rings. The SMILES string of the molecule is CCc1ccc(CCCCOCCCCc2ccc(CC)cc2)cc1. The van der Waals surface area contributed by atoms with Gasteiger partial charge in [0.25, 0.3) is 0 Å². The van der Waals surface area contributed by atoms with E-state index in [2.05, 4.69) is 62.4 Å². The van der Waals surface area contributed by atoms with Crippen molar-refractivity contribution in [3.05, 3.63) is 70.8 Å². The van der Waals surface area contributed by atoms with E-state index in [-0.39, 0.29) is 0 Å². The molecule has 0 aliphatic heterocycles. The smallest absolute Gasteiger partial charge is 0.0466 e. The summed E-state index contributed by atoms with van der Waals surface area (Å²) < 4.78 is 5.78. The van der Waals surface area contributed by atoms with Crippen LogP contribution in [0.15, 0.2) is 48.5 Å². The molecule has 0 aliphatic carbocycles. The normalized spacial score (nSPS) is 11.0.